The van der Waals surface area contributed by atoms with E-state index in [2.05, 4.69) is 19.6 Å². The van der Waals surface area contributed by atoms with Crippen molar-refractivity contribution in [3.05, 3.63) is 179 Å². The van der Waals surface area contributed by atoms with Crippen LogP contribution in [0.4, 0.5) is 28.8 Å². The van der Waals surface area contributed by atoms with E-state index in [1.165, 1.54) is 146 Å². The lowest BCUT2D eigenvalue weighted by Gasteiger charge is -2.36. The number of rotatable bonds is 35. The van der Waals surface area contributed by atoms with Gasteiger partial charge in [-0.3, -0.25) is 0 Å². The van der Waals surface area contributed by atoms with Gasteiger partial charge in [0, 0.05) is 23.7 Å². The van der Waals surface area contributed by atoms with E-state index in [-0.39, 0.29) is 59.8 Å². The molecule has 4 unspecified atom stereocenters. The SMILES string of the molecule is CCOc1ccc(C(=O)OOC(=O)OCCC(COC(=O)OOC(=O)c2ccc(OCC)cc2)C(COC(=O)OOC(=O)c2ccc(OCC)cc2)C(COC(=O)OOC(=O)c2ccc(OCC)cc2)C(CCOC(=O)OOC(=O)c2ccc(OCC)cc2)COC(=O)OOC(=O)c2ccc(OCC)cc2)cc1. The predicted octanol–water partition coefficient (Wildman–Crippen LogP) is 12.2. The zero-order chi connectivity index (χ0) is 78.0. The molecule has 0 amide bonds. The van der Waals surface area contributed by atoms with Crippen LogP contribution in [0.3, 0.4) is 0 Å². The van der Waals surface area contributed by atoms with Crippen molar-refractivity contribution in [3.63, 3.8) is 0 Å². The summed E-state index contributed by atoms with van der Waals surface area (Å²) in [4.78, 5) is 216. The molecular weight excluding hydrogens is 1440 g/mol. The van der Waals surface area contributed by atoms with Crippen molar-refractivity contribution in [2.24, 2.45) is 23.7 Å². The van der Waals surface area contributed by atoms with Crippen molar-refractivity contribution in [1.29, 1.82) is 0 Å². The van der Waals surface area contributed by atoms with E-state index in [1.807, 2.05) is 0 Å². The molecule has 6 aromatic rings. The maximum absolute atomic E-state index is 13.7. The van der Waals surface area contributed by atoms with Crippen LogP contribution in [0, 0.1) is 23.7 Å². The molecule has 578 valence electrons. The molecule has 6 rings (SSSR count). The van der Waals surface area contributed by atoms with Crippen molar-refractivity contribution < 1.29 is 173 Å². The van der Waals surface area contributed by atoms with Crippen LogP contribution in [0.5, 0.6) is 34.5 Å². The summed E-state index contributed by atoms with van der Waals surface area (Å²) in [7, 11) is 0. The Morgan fingerprint density at radius 1 is 0.222 bits per heavy atom. The van der Waals surface area contributed by atoms with Gasteiger partial charge in [-0.05, 0) is 200 Å². The molecule has 0 bridgehead atoms. The van der Waals surface area contributed by atoms with E-state index in [9.17, 15) is 57.5 Å². The Hall–Kier alpha value is -13.4. The molecule has 0 aliphatic heterocycles. The van der Waals surface area contributed by atoms with Crippen LogP contribution in [-0.2, 0) is 87.1 Å². The average molecular weight is 1520 g/mol. The molecule has 6 aromatic carbocycles. The lowest BCUT2D eigenvalue weighted by Crippen LogP contribution is -2.41. The molecular formula is C72H74O36. The third kappa shape index (κ3) is 29.4. The molecule has 0 heterocycles. The third-order valence-corrected chi connectivity index (χ3v) is 14.3. The monoisotopic (exact) mass is 1510 g/mol. The molecule has 36 heteroatoms. The van der Waals surface area contributed by atoms with Crippen LogP contribution < -0.4 is 28.4 Å². The zero-order valence-electron chi connectivity index (χ0n) is 58.8. The Morgan fingerprint density at radius 3 is 0.565 bits per heavy atom. The number of hydrogen-bond donors (Lipinski definition) is 0. The first kappa shape index (κ1) is 83.5. The van der Waals surface area contributed by atoms with Crippen LogP contribution in [0.25, 0.3) is 0 Å². The summed E-state index contributed by atoms with van der Waals surface area (Å²) >= 11 is 0. The average Bonchev–Trinajstić information content (AvgIpc) is 0.840. The maximum Gasteiger partial charge on any atom is 0.549 e. The Labute approximate surface area is 614 Å². The molecule has 108 heavy (non-hydrogen) atoms. The van der Waals surface area contributed by atoms with Gasteiger partial charge in [-0.25, -0.2) is 87.4 Å². The quantitative estimate of drug-likeness (QED) is 0.0154. The molecule has 0 fully saturated rings. The van der Waals surface area contributed by atoms with Gasteiger partial charge >= 0.3 is 72.7 Å². The normalized spacial score (nSPS) is 11.5. The van der Waals surface area contributed by atoms with E-state index in [0.29, 0.717) is 47.7 Å². The standard InChI is InChI=1S/C72H74O36/c1-7-85-53-25-13-45(14-26-53)61(73)97-103-67(79)91-39-37-51(41-93-69(81)105-99-63(75)47-17-29-55(30-18-47)87-9-3)59(43-95-71(83)107-101-65(77)49-21-33-57(34-22-49)89-11-5)60(44-96-72(84)108-102-66(78)50-23-35-58(36-24-50)90-12-6)52(42-94-70(82)106-100-64(76)48-19-31-56(32-20-48)88-10-4)38-40-92-68(80)104-98-62(74)46-15-27-54(28-16-46)86-8-2/h13-36,51-52,59-60H,7-12,37-44H2,1-6H3. The van der Waals surface area contributed by atoms with Crippen LogP contribution in [0.2, 0.25) is 0 Å². The van der Waals surface area contributed by atoms with Gasteiger partial charge in [0.15, 0.2) is 0 Å². The lowest BCUT2D eigenvalue weighted by molar-refractivity contribution is -0.212. The first-order chi connectivity index (χ1) is 52.2. The summed E-state index contributed by atoms with van der Waals surface area (Å²) in [6.45, 7) is 5.97. The zero-order valence-corrected chi connectivity index (χ0v) is 58.8. The van der Waals surface area contributed by atoms with Crippen LogP contribution in [-0.4, -0.2) is 152 Å². The van der Waals surface area contributed by atoms with Gasteiger partial charge < -0.3 is 56.8 Å². The topological polar surface area (TPSA) is 426 Å². The Kier molecular flexibility index (Phi) is 35.3. The smallest absolute Gasteiger partial charge is 0.494 e. The number of hydrogen-bond acceptors (Lipinski definition) is 36. The van der Waals surface area contributed by atoms with E-state index in [0.717, 1.165) is 0 Å². The third-order valence-electron chi connectivity index (χ3n) is 14.3. The van der Waals surface area contributed by atoms with Gasteiger partial charge in [-0.1, -0.05) is 0 Å². The van der Waals surface area contributed by atoms with Crippen LogP contribution in [0.1, 0.15) is 117 Å². The Bertz CT molecular complexity index is 3630. The van der Waals surface area contributed by atoms with Crippen molar-refractivity contribution >= 4 is 72.7 Å². The van der Waals surface area contributed by atoms with Crippen molar-refractivity contribution in [1.82, 2.24) is 0 Å². The lowest BCUT2D eigenvalue weighted by atomic mass is 9.74. The fraction of sp³-hybridized carbons (Fsp3) is 0.333. The van der Waals surface area contributed by atoms with E-state index >= 15 is 0 Å². The summed E-state index contributed by atoms with van der Waals surface area (Å²) in [5.41, 5.74) is -0.853. The number of benzene rings is 6. The second kappa shape index (κ2) is 45.6. The van der Waals surface area contributed by atoms with Gasteiger partial charge in [-0.2, -0.15) is 28.8 Å². The summed E-state index contributed by atoms with van der Waals surface area (Å²) in [6.07, 6.45) is -11.8. The van der Waals surface area contributed by atoms with Crippen molar-refractivity contribution in [2.45, 2.75) is 54.4 Å². The number of ether oxygens (including phenoxy) is 12. The minimum Gasteiger partial charge on any atom is -0.494 e. The molecule has 0 saturated carbocycles. The first-order valence-corrected chi connectivity index (χ1v) is 32.9. The highest BCUT2D eigenvalue weighted by molar-refractivity contribution is 5.92. The van der Waals surface area contributed by atoms with Gasteiger partial charge in [0.2, 0.25) is 0 Å². The van der Waals surface area contributed by atoms with Crippen molar-refractivity contribution in [3.8, 4) is 34.5 Å². The highest BCUT2D eigenvalue weighted by atomic mass is 17.3. The highest BCUT2D eigenvalue weighted by Gasteiger charge is 2.40. The number of carbonyl (C=O) groups excluding carboxylic acids is 12. The van der Waals surface area contributed by atoms with Gasteiger partial charge in [0.1, 0.15) is 34.5 Å². The molecule has 0 saturated heterocycles. The van der Waals surface area contributed by atoms with Gasteiger partial charge in [-0.15, -0.1) is 0 Å². The van der Waals surface area contributed by atoms with Gasteiger partial charge in [0.25, 0.3) is 0 Å². The largest absolute Gasteiger partial charge is 0.549 e. The summed E-state index contributed by atoms with van der Waals surface area (Å²) in [5.74, 6) is -11.8. The second-order valence-corrected chi connectivity index (χ2v) is 21.3. The summed E-state index contributed by atoms with van der Waals surface area (Å²) in [5, 5.41) is 0. The fourth-order valence-corrected chi connectivity index (χ4v) is 9.31. The van der Waals surface area contributed by atoms with E-state index in [4.69, 9.17) is 95.9 Å². The van der Waals surface area contributed by atoms with Crippen molar-refractivity contribution in [2.75, 3.05) is 79.3 Å². The minimum atomic E-state index is -1.80. The molecule has 0 spiro atoms. The molecule has 0 aromatic heterocycles. The van der Waals surface area contributed by atoms with Crippen LogP contribution in [0.15, 0.2) is 146 Å². The van der Waals surface area contributed by atoms with Crippen LogP contribution >= 0.6 is 0 Å². The minimum absolute atomic E-state index is 0.113. The molecule has 0 radical (unpaired) electrons. The fourth-order valence-electron chi connectivity index (χ4n) is 9.31. The van der Waals surface area contributed by atoms with Gasteiger partial charge in [0.05, 0.1) is 113 Å². The second-order valence-electron chi connectivity index (χ2n) is 21.3. The molecule has 4 atom stereocenters. The summed E-state index contributed by atoms with van der Waals surface area (Å²) < 4.78 is 64.8. The molecule has 0 aliphatic carbocycles. The molecule has 0 aliphatic rings. The Morgan fingerprint density at radius 2 is 0.389 bits per heavy atom. The van der Waals surface area contributed by atoms with E-state index < -0.39 is 149 Å². The summed E-state index contributed by atoms with van der Waals surface area (Å²) in [6, 6.07) is 32.3. The van der Waals surface area contributed by atoms with E-state index in [1.54, 1.807) is 41.5 Å². The predicted molar refractivity (Wildman–Crippen MR) is 356 cm³/mol. The first-order valence-electron chi connectivity index (χ1n) is 32.9. The molecule has 0 N–H and O–H groups in total. The highest BCUT2D eigenvalue weighted by Crippen LogP contribution is 2.35. The maximum atomic E-state index is 13.7. The molecule has 36 nitrogen and oxygen atoms in total. The Balaban J connectivity index is 1.39. The number of carbonyl (C=O) groups is 12.